The van der Waals surface area contributed by atoms with E-state index in [0.29, 0.717) is 5.39 Å². The van der Waals surface area contributed by atoms with Gasteiger partial charge in [0.05, 0.1) is 14.2 Å². The number of esters is 2. The summed E-state index contributed by atoms with van der Waals surface area (Å²) < 4.78 is 77.4. The van der Waals surface area contributed by atoms with Crippen molar-refractivity contribution in [2.75, 3.05) is 14.2 Å². The maximum absolute atomic E-state index is 12.6. The molecule has 0 aliphatic rings. The van der Waals surface area contributed by atoms with Crippen molar-refractivity contribution in [2.45, 2.75) is 9.79 Å². The number of benzene rings is 3. The van der Waals surface area contributed by atoms with Crippen molar-refractivity contribution in [3.05, 3.63) is 59.7 Å². The smallest absolute Gasteiger partial charge is 0.509 e. The van der Waals surface area contributed by atoms with Crippen LogP contribution in [0.4, 0.5) is 0 Å². The molecule has 3 aromatic carbocycles. The van der Waals surface area contributed by atoms with Crippen LogP contribution in [0.15, 0.2) is 52.3 Å². The Morgan fingerprint density at radius 2 is 1.42 bits per heavy atom. The average molecular weight is 502 g/mol. The van der Waals surface area contributed by atoms with Gasteiger partial charge < -0.3 is 14.3 Å². The second-order valence-electron chi connectivity index (χ2n) is 6.40. The zero-order valence-electron chi connectivity index (χ0n) is 17.5. The van der Waals surface area contributed by atoms with E-state index in [2.05, 4.69) is 9.47 Å². The van der Waals surface area contributed by atoms with Crippen molar-refractivity contribution in [3.8, 4) is 11.1 Å². The van der Waals surface area contributed by atoms with E-state index in [1.165, 1.54) is 12.1 Å². The van der Waals surface area contributed by atoms with Crippen LogP contribution in [0.25, 0.3) is 21.9 Å². The molecule has 0 radical (unpaired) electrons. The van der Waals surface area contributed by atoms with Gasteiger partial charge in [-0.1, -0.05) is 53.6 Å². The van der Waals surface area contributed by atoms with Gasteiger partial charge in [0.1, 0.15) is 0 Å². The van der Waals surface area contributed by atoms with E-state index in [1.807, 2.05) is 6.07 Å². The molecular formula is C20H15NaO10S2. The summed E-state index contributed by atoms with van der Waals surface area (Å²) >= 11 is 0. The third-order valence-corrected chi connectivity index (χ3v) is 6.25. The maximum Gasteiger partial charge on any atom is 1.00 e. The molecule has 0 bridgehead atoms. The first-order chi connectivity index (χ1) is 14.9. The zero-order valence-corrected chi connectivity index (χ0v) is 21.2. The van der Waals surface area contributed by atoms with Gasteiger partial charge in [0, 0.05) is 15.4 Å². The molecule has 33 heavy (non-hydrogen) atoms. The summed E-state index contributed by atoms with van der Waals surface area (Å²) in [6, 6.07) is 13.2. The first-order valence-electron chi connectivity index (χ1n) is 8.64. The largest absolute Gasteiger partial charge is 1.00 e. The van der Waals surface area contributed by atoms with E-state index in [9.17, 15) is 35.5 Å². The van der Waals surface area contributed by atoms with Gasteiger partial charge in [-0.3, -0.25) is 9.11 Å². The molecule has 0 atom stereocenters. The molecule has 2 N–H and O–H groups in total. The van der Waals surface area contributed by atoms with Crippen LogP contribution in [-0.2, 0) is 29.7 Å². The monoisotopic (exact) mass is 502 g/mol. The molecule has 13 heteroatoms. The van der Waals surface area contributed by atoms with Crippen molar-refractivity contribution in [2.24, 2.45) is 0 Å². The van der Waals surface area contributed by atoms with Crippen molar-refractivity contribution >= 4 is 42.9 Å². The van der Waals surface area contributed by atoms with Crippen LogP contribution in [0.1, 0.15) is 20.7 Å². The SMILES string of the molecule is COC(=O)c1[c-]c(S(=O)(=O)O)c(-c2ccc3ccccc3c2)c(C(=O)OC)c1S(=O)(=O)O.[Na+]. The number of carbonyl (C=O) groups is 2. The van der Waals surface area contributed by atoms with E-state index in [-0.39, 0.29) is 35.1 Å². The summed E-state index contributed by atoms with van der Waals surface area (Å²) in [5, 5.41) is 1.31. The molecule has 0 amide bonds. The second-order valence-corrected chi connectivity index (χ2v) is 9.12. The summed E-state index contributed by atoms with van der Waals surface area (Å²) in [5.41, 5.74) is -2.76. The van der Waals surface area contributed by atoms with E-state index in [4.69, 9.17) is 0 Å². The van der Waals surface area contributed by atoms with Gasteiger partial charge in [0.15, 0.2) is 0 Å². The number of ether oxygens (including phenoxy) is 2. The Kier molecular flexibility index (Phi) is 8.07. The molecule has 10 nitrogen and oxygen atoms in total. The molecule has 0 aliphatic carbocycles. The van der Waals surface area contributed by atoms with Crippen LogP contribution in [0, 0.1) is 6.07 Å². The zero-order chi connectivity index (χ0) is 23.8. The first-order valence-corrected chi connectivity index (χ1v) is 11.5. The Bertz CT molecular complexity index is 1480. The summed E-state index contributed by atoms with van der Waals surface area (Å²) in [6.07, 6.45) is 0. The Labute approximate surface area is 211 Å². The first kappa shape index (κ1) is 26.9. The van der Waals surface area contributed by atoms with Crippen molar-refractivity contribution in [1.82, 2.24) is 0 Å². The van der Waals surface area contributed by atoms with Gasteiger partial charge in [-0.25, -0.2) is 13.2 Å². The Balaban J connectivity index is 0.00000385. The summed E-state index contributed by atoms with van der Waals surface area (Å²) in [7, 11) is -8.76. The van der Waals surface area contributed by atoms with Gasteiger partial charge >= 0.3 is 35.5 Å². The average Bonchev–Trinajstić information content (AvgIpc) is 2.74. The minimum atomic E-state index is -5.32. The Morgan fingerprint density at radius 3 is 1.94 bits per heavy atom. The molecule has 0 saturated carbocycles. The number of hydrogen-bond donors (Lipinski definition) is 2. The molecule has 0 aromatic heterocycles. The molecule has 3 rings (SSSR count). The normalized spacial score (nSPS) is 11.5. The molecule has 0 spiro atoms. The van der Waals surface area contributed by atoms with Crippen LogP contribution in [-0.4, -0.2) is 52.1 Å². The van der Waals surface area contributed by atoms with Crippen LogP contribution in [0.3, 0.4) is 0 Å². The number of carbonyl (C=O) groups excluding carboxylic acids is 2. The third-order valence-electron chi connectivity index (χ3n) is 4.50. The molecule has 3 aromatic rings. The molecule has 0 heterocycles. The van der Waals surface area contributed by atoms with Crippen LogP contribution < -0.4 is 29.6 Å². The summed E-state index contributed by atoms with van der Waals surface area (Å²) in [4.78, 5) is 22.5. The van der Waals surface area contributed by atoms with E-state index in [1.54, 1.807) is 30.3 Å². The van der Waals surface area contributed by atoms with Gasteiger partial charge in [-0.15, -0.1) is 6.07 Å². The van der Waals surface area contributed by atoms with Crippen molar-refractivity contribution in [1.29, 1.82) is 0 Å². The Morgan fingerprint density at radius 1 is 0.848 bits per heavy atom. The summed E-state index contributed by atoms with van der Waals surface area (Å²) in [6.45, 7) is 0. The number of hydrogen-bond acceptors (Lipinski definition) is 8. The van der Waals surface area contributed by atoms with E-state index in [0.717, 1.165) is 19.6 Å². The van der Waals surface area contributed by atoms with Crippen LogP contribution in [0.5, 0.6) is 0 Å². The van der Waals surface area contributed by atoms with Gasteiger partial charge in [0.25, 0.3) is 26.2 Å². The molecule has 0 aliphatic heterocycles. The molecule has 0 saturated heterocycles. The van der Waals surface area contributed by atoms with Gasteiger partial charge in [-0.2, -0.15) is 8.42 Å². The number of fused-ring (bicyclic) bond motifs is 1. The molecule has 168 valence electrons. The predicted molar refractivity (Wildman–Crippen MR) is 111 cm³/mol. The maximum atomic E-state index is 12.6. The fraction of sp³-hybridized carbons (Fsp3) is 0.100. The van der Waals surface area contributed by atoms with Gasteiger partial charge in [0.2, 0.25) is 0 Å². The summed E-state index contributed by atoms with van der Waals surface area (Å²) in [5.74, 6) is -2.83. The number of rotatable bonds is 5. The molecular weight excluding hydrogens is 487 g/mol. The van der Waals surface area contributed by atoms with Crippen LogP contribution >= 0.6 is 0 Å². The minimum absolute atomic E-state index is 0. The van der Waals surface area contributed by atoms with Crippen molar-refractivity contribution in [3.63, 3.8) is 0 Å². The van der Waals surface area contributed by atoms with E-state index < -0.39 is 58.7 Å². The number of methoxy groups -OCH3 is 2. The van der Waals surface area contributed by atoms with E-state index >= 15 is 0 Å². The standard InChI is InChI=1S/C20H15O10S2.Na/c1-29-19(21)14-10-15(31(23,24)25)16(17(20(22)30-2)18(14)32(26,27)28)13-8-7-11-5-3-4-6-12(11)9-13;/h3-9H,1-2H3,(H,23,24,25)(H,26,27,28);/q-1;+1. The molecule has 0 fully saturated rings. The quantitative estimate of drug-likeness (QED) is 0.199. The Hall–Kier alpha value is -2.32. The fourth-order valence-electron chi connectivity index (χ4n) is 3.20. The third kappa shape index (κ3) is 5.27. The molecule has 0 unspecified atom stereocenters. The topological polar surface area (TPSA) is 161 Å². The minimum Gasteiger partial charge on any atom is -0.509 e. The predicted octanol–water partition coefficient (Wildman–Crippen LogP) is -0.622. The second kappa shape index (κ2) is 9.89. The van der Waals surface area contributed by atoms with Gasteiger partial charge in [-0.05, 0) is 16.3 Å². The fourth-order valence-corrected chi connectivity index (χ4v) is 4.74. The van der Waals surface area contributed by atoms with Crippen molar-refractivity contribution < 1.29 is 74.6 Å². The van der Waals surface area contributed by atoms with Crippen LogP contribution in [0.2, 0.25) is 0 Å².